The highest BCUT2D eigenvalue weighted by Crippen LogP contribution is 2.30. The van der Waals surface area contributed by atoms with E-state index >= 15 is 0 Å². The molecule has 0 aliphatic carbocycles. The number of nitrogens with one attached hydrogen (secondary N) is 2. The maximum Gasteiger partial charge on any atom is 0.240 e. The van der Waals surface area contributed by atoms with Gasteiger partial charge in [0.05, 0.1) is 11.9 Å². The van der Waals surface area contributed by atoms with Gasteiger partial charge in [0.1, 0.15) is 17.0 Å². The first-order valence-corrected chi connectivity index (χ1v) is 7.36. The number of hydrogen-bond acceptors (Lipinski definition) is 8. The van der Waals surface area contributed by atoms with Crippen LogP contribution in [-0.2, 0) is 20.0 Å². The molecule has 3 aromatic heterocycles. The summed E-state index contributed by atoms with van der Waals surface area (Å²) in [7, 11) is 1.90. The molecule has 0 aliphatic rings. The molecule has 0 fully saturated rings. The van der Waals surface area contributed by atoms with Crippen molar-refractivity contribution in [3.8, 4) is 0 Å². The first kappa shape index (κ1) is 13.7. The van der Waals surface area contributed by atoms with Crippen LogP contribution >= 0.6 is 11.3 Å². The van der Waals surface area contributed by atoms with Gasteiger partial charge in [-0.1, -0.05) is 6.92 Å². The summed E-state index contributed by atoms with van der Waals surface area (Å²) in [6, 6.07) is 2.11. The summed E-state index contributed by atoms with van der Waals surface area (Å²) in [5, 5.41) is 12.2. The Morgan fingerprint density at radius 1 is 1.38 bits per heavy atom. The zero-order chi connectivity index (χ0) is 14.8. The largest absolute Gasteiger partial charge is 0.362 e. The van der Waals surface area contributed by atoms with E-state index in [1.165, 1.54) is 4.88 Å². The lowest BCUT2D eigenvalue weighted by atomic mass is 10.3. The third kappa shape index (κ3) is 2.65. The van der Waals surface area contributed by atoms with E-state index in [1.54, 1.807) is 17.7 Å². The van der Waals surface area contributed by atoms with Crippen molar-refractivity contribution < 1.29 is 0 Å². The van der Waals surface area contributed by atoms with Crippen LogP contribution < -0.4 is 16.6 Å². The number of nitrogens with two attached hydrogens (primary N) is 1. The lowest BCUT2D eigenvalue weighted by molar-refractivity contribution is 0.810. The predicted molar refractivity (Wildman–Crippen MR) is 82.9 cm³/mol. The van der Waals surface area contributed by atoms with Crippen LogP contribution in [0.25, 0.3) is 10.2 Å². The maximum absolute atomic E-state index is 5.44. The fraction of sp³-hybridized carbons (Fsp3) is 0.333. The molecule has 4 N–H and O–H groups in total. The van der Waals surface area contributed by atoms with E-state index in [2.05, 4.69) is 43.9 Å². The molecule has 9 heteroatoms. The van der Waals surface area contributed by atoms with Gasteiger partial charge in [0, 0.05) is 11.9 Å². The maximum atomic E-state index is 5.44. The molecule has 3 heterocycles. The molecule has 0 unspecified atom stereocenters. The molecule has 0 bridgehead atoms. The van der Waals surface area contributed by atoms with Gasteiger partial charge in [-0.3, -0.25) is 5.43 Å². The number of anilines is 2. The molecule has 110 valence electrons. The second-order valence-electron chi connectivity index (χ2n) is 4.54. The molecule has 0 saturated heterocycles. The van der Waals surface area contributed by atoms with Gasteiger partial charge >= 0.3 is 0 Å². The Labute approximate surface area is 125 Å². The normalized spacial score (nSPS) is 11.0. The number of aryl methyl sites for hydroxylation is 2. The van der Waals surface area contributed by atoms with Gasteiger partial charge in [-0.25, -0.2) is 10.8 Å². The topological polar surface area (TPSA) is 107 Å². The molecule has 0 radical (unpaired) electrons. The highest BCUT2D eigenvalue weighted by molar-refractivity contribution is 7.18. The third-order valence-electron chi connectivity index (χ3n) is 3.14. The van der Waals surface area contributed by atoms with Crippen LogP contribution in [0.15, 0.2) is 12.4 Å². The summed E-state index contributed by atoms with van der Waals surface area (Å²) >= 11 is 1.65. The van der Waals surface area contributed by atoms with E-state index in [0.717, 1.165) is 28.3 Å². The van der Waals surface area contributed by atoms with Gasteiger partial charge in [-0.05, 0) is 12.5 Å². The molecule has 8 nitrogen and oxygen atoms in total. The van der Waals surface area contributed by atoms with Crippen LogP contribution in [0.1, 0.15) is 17.6 Å². The summed E-state index contributed by atoms with van der Waals surface area (Å²) in [6.07, 6.45) is 2.63. The number of aromatic nitrogens is 5. The number of hydrogen-bond donors (Lipinski definition) is 3. The molecule has 3 rings (SSSR count). The molecule has 0 saturated carbocycles. The highest BCUT2D eigenvalue weighted by atomic mass is 32.1. The fourth-order valence-corrected chi connectivity index (χ4v) is 2.94. The lowest BCUT2D eigenvalue weighted by Gasteiger charge is -2.07. The number of hydrazine groups is 1. The lowest BCUT2D eigenvalue weighted by Crippen LogP contribution is -2.12. The second kappa shape index (κ2) is 5.62. The number of fused-ring (bicyclic) bond motifs is 1. The molecule has 21 heavy (non-hydrogen) atoms. The summed E-state index contributed by atoms with van der Waals surface area (Å²) in [5.74, 6) is 7.41. The minimum atomic E-state index is 0.396. The Hall–Kier alpha value is -2.26. The van der Waals surface area contributed by atoms with Gasteiger partial charge in [-0.2, -0.15) is 4.98 Å². The van der Waals surface area contributed by atoms with Gasteiger partial charge in [0.2, 0.25) is 5.95 Å². The number of thiophene rings is 1. The zero-order valence-electron chi connectivity index (χ0n) is 11.8. The monoisotopic (exact) mass is 304 g/mol. The molecule has 0 aliphatic heterocycles. The molecule has 0 atom stereocenters. The van der Waals surface area contributed by atoms with E-state index in [1.807, 2.05) is 11.6 Å². The van der Waals surface area contributed by atoms with Gasteiger partial charge in [-0.15, -0.1) is 21.5 Å². The summed E-state index contributed by atoms with van der Waals surface area (Å²) in [4.78, 5) is 10.9. The number of nitrogen functional groups attached to an aromatic ring is 1. The van der Waals surface area contributed by atoms with E-state index in [-0.39, 0.29) is 0 Å². The standard InChI is InChI=1S/C12H16N8S/c1-3-7-4-8-10(14-5-9-19-15-6-20(9)2)16-12(18-13)17-11(8)21-7/h4,6H,3,5,13H2,1-2H3,(H2,14,16,17,18). The van der Waals surface area contributed by atoms with Gasteiger partial charge in [0.25, 0.3) is 0 Å². The van der Waals surface area contributed by atoms with Crippen molar-refractivity contribution in [2.75, 3.05) is 10.7 Å². The van der Waals surface area contributed by atoms with Crippen molar-refractivity contribution in [1.82, 2.24) is 24.7 Å². The van der Waals surface area contributed by atoms with Crippen molar-refractivity contribution in [2.24, 2.45) is 12.9 Å². The van der Waals surface area contributed by atoms with Crippen LogP contribution in [0.3, 0.4) is 0 Å². The SMILES string of the molecule is CCc1cc2c(NCc3nncn3C)nc(NN)nc2s1. The Bertz CT molecular complexity index is 762. The fourth-order valence-electron chi connectivity index (χ4n) is 1.97. The Morgan fingerprint density at radius 3 is 2.90 bits per heavy atom. The number of nitrogens with zero attached hydrogens (tertiary/aromatic N) is 5. The summed E-state index contributed by atoms with van der Waals surface area (Å²) in [5.41, 5.74) is 2.50. The first-order chi connectivity index (χ1) is 10.2. The van der Waals surface area contributed by atoms with Crippen molar-refractivity contribution in [3.05, 3.63) is 23.1 Å². The van der Waals surface area contributed by atoms with Crippen LogP contribution in [0.5, 0.6) is 0 Å². The number of rotatable bonds is 5. The van der Waals surface area contributed by atoms with E-state index in [0.29, 0.717) is 12.5 Å². The summed E-state index contributed by atoms with van der Waals surface area (Å²) in [6.45, 7) is 2.65. The third-order valence-corrected chi connectivity index (χ3v) is 4.31. The van der Waals surface area contributed by atoms with Gasteiger partial charge < -0.3 is 9.88 Å². The van der Waals surface area contributed by atoms with Crippen LogP contribution in [0, 0.1) is 0 Å². The van der Waals surface area contributed by atoms with Crippen LogP contribution in [0.2, 0.25) is 0 Å². The molecule has 0 aromatic carbocycles. The molecular formula is C12H16N8S. The molecule has 0 spiro atoms. The van der Waals surface area contributed by atoms with E-state index in [9.17, 15) is 0 Å². The van der Waals surface area contributed by atoms with Crippen molar-refractivity contribution in [2.45, 2.75) is 19.9 Å². The quantitative estimate of drug-likeness (QED) is 0.481. The minimum absolute atomic E-state index is 0.396. The average molecular weight is 304 g/mol. The molecular weight excluding hydrogens is 288 g/mol. The van der Waals surface area contributed by atoms with Crippen molar-refractivity contribution in [1.29, 1.82) is 0 Å². The van der Waals surface area contributed by atoms with Crippen LogP contribution in [-0.4, -0.2) is 24.7 Å². The van der Waals surface area contributed by atoms with Crippen molar-refractivity contribution >= 4 is 33.3 Å². The molecule has 0 amide bonds. The average Bonchev–Trinajstić information content (AvgIpc) is 3.10. The Morgan fingerprint density at radius 2 is 2.24 bits per heavy atom. The highest BCUT2D eigenvalue weighted by Gasteiger charge is 2.11. The molecule has 3 aromatic rings. The van der Waals surface area contributed by atoms with Gasteiger partial charge in [0.15, 0.2) is 5.82 Å². The van der Waals surface area contributed by atoms with Crippen LogP contribution in [0.4, 0.5) is 11.8 Å². The smallest absolute Gasteiger partial charge is 0.240 e. The minimum Gasteiger partial charge on any atom is -0.362 e. The van der Waals surface area contributed by atoms with Crippen molar-refractivity contribution in [3.63, 3.8) is 0 Å². The van der Waals surface area contributed by atoms with E-state index < -0.39 is 0 Å². The van der Waals surface area contributed by atoms with E-state index in [4.69, 9.17) is 5.84 Å². The Kier molecular flexibility index (Phi) is 3.67. The first-order valence-electron chi connectivity index (χ1n) is 6.55. The Balaban J connectivity index is 1.95. The second-order valence-corrected chi connectivity index (χ2v) is 5.65. The summed E-state index contributed by atoms with van der Waals surface area (Å²) < 4.78 is 1.86. The zero-order valence-corrected chi connectivity index (χ0v) is 12.6. The predicted octanol–water partition coefficient (Wildman–Crippen LogP) is 1.28.